The first-order valence-electron chi connectivity index (χ1n) is 5.11. The summed E-state index contributed by atoms with van der Waals surface area (Å²) in [5.41, 5.74) is 1.73. The molecule has 0 radical (unpaired) electrons. The maximum Gasteiger partial charge on any atom is 0.138 e. The fourth-order valence-corrected chi connectivity index (χ4v) is 1.58. The van der Waals surface area contributed by atoms with Gasteiger partial charge >= 0.3 is 0 Å². The van der Waals surface area contributed by atoms with Crippen LogP contribution in [0.5, 0.6) is 11.5 Å². The highest BCUT2D eigenvalue weighted by atomic mass is 35.5. The smallest absolute Gasteiger partial charge is 0.138 e. The predicted octanol–water partition coefficient (Wildman–Crippen LogP) is 3.92. The molecule has 0 aromatic heterocycles. The van der Waals surface area contributed by atoms with Gasteiger partial charge in [0.2, 0.25) is 0 Å². The second-order valence-corrected chi connectivity index (χ2v) is 4.00. The Balaban J connectivity index is 2.28. The van der Waals surface area contributed by atoms with Crippen molar-refractivity contribution in [3.8, 4) is 11.5 Å². The van der Waals surface area contributed by atoms with Crippen LogP contribution in [0.3, 0.4) is 0 Å². The summed E-state index contributed by atoms with van der Waals surface area (Å²) in [6.45, 7) is 0. The molecule has 2 aromatic rings. The molecule has 3 heteroatoms. The monoisotopic (exact) mass is 246 g/mol. The Bertz CT molecular complexity index is 524. The van der Waals surface area contributed by atoms with E-state index in [1.807, 2.05) is 36.4 Å². The van der Waals surface area contributed by atoms with Crippen molar-refractivity contribution in [3.63, 3.8) is 0 Å². The molecule has 2 N–H and O–H groups in total. The Morgan fingerprint density at radius 1 is 0.824 bits per heavy atom. The predicted molar refractivity (Wildman–Crippen MR) is 70.2 cm³/mol. The highest BCUT2D eigenvalue weighted by molar-refractivity contribution is 6.33. The quantitative estimate of drug-likeness (QED) is 0.789. The minimum absolute atomic E-state index is 0.0261. The largest absolute Gasteiger partial charge is 0.506 e. The van der Waals surface area contributed by atoms with Crippen molar-refractivity contribution in [2.24, 2.45) is 0 Å². The van der Waals surface area contributed by atoms with Crippen LogP contribution in [-0.4, -0.2) is 10.2 Å². The zero-order valence-electron chi connectivity index (χ0n) is 8.97. The summed E-state index contributed by atoms with van der Waals surface area (Å²) in [6.07, 6.45) is 3.69. The van der Waals surface area contributed by atoms with Gasteiger partial charge in [-0.2, -0.15) is 0 Å². The molecule has 2 aromatic carbocycles. The average Bonchev–Trinajstić information content (AvgIpc) is 2.34. The number of benzene rings is 2. The van der Waals surface area contributed by atoms with Crippen LogP contribution in [0.2, 0.25) is 5.02 Å². The number of aromatic hydroxyl groups is 2. The topological polar surface area (TPSA) is 40.5 Å². The molecule has 0 bridgehead atoms. The van der Waals surface area contributed by atoms with E-state index >= 15 is 0 Å². The number of hydrogen-bond donors (Lipinski definition) is 2. The van der Waals surface area contributed by atoms with Gasteiger partial charge in [-0.1, -0.05) is 54.1 Å². The first kappa shape index (κ1) is 11.6. The van der Waals surface area contributed by atoms with Crippen molar-refractivity contribution in [2.75, 3.05) is 0 Å². The third-order valence-electron chi connectivity index (χ3n) is 2.32. The van der Waals surface area contributed by atoms with Gasteiger partial charge in [0.05, 0.1) is 0 Å². The number of phenolic OH excluding ortho intramolecular Hbond substituents is 2. The van der Waals surface area contributed by atoms with E-state index in [1.165, 1.54) is 12.1 Å². The summed E-state index contributed by atoms with van der Waals surface area (Å²) in [7, 11) is 0. The average molecular weight is 247 g/mol. The van der Waals surface area contributed by atoms with Gasteiger partial charge in [0.25, 0.3) is 0 Å². The molecule has 0 aliphatic carbocycles. The van der Waals surface area contributed by atoms with Gasteiger partial charge in [0.1, 0.15) is 16.5 Å². The van der Waals surface area contributed by atoms with E-state index in [4.69, 9.17) is 11.6 Å². The lowest BCUT2D eigenvalue weighted by molar-refractivity contribution is 0.451. The van der Waals surface area contributed by atoms with Gasteiger partial charge in [0, 0.05) is 0 Å². The molecule has 17 heavy (non-hydrogen) atoms. The lowest BCUT2D eigenvalue weighted by atomic mass is 10.1. The Labute approximate surface area is 104 Å². The molecule has 0 fully saturated rings. The maximum absolute atomic E-state index is 9.45. The highest BCUT2D eigenvalue weighted by Gasteiger charge is 2.05. The molecule has 0 aliphatic rings. The van der Waals surface area contributed by atoms with E-state index in [0.29, 0.717) is 5.56 Å². The minimum Gasteiger partial charge on any atom is -0.506 e. The number of rotatable bonds is 2. The van der Waals surface area contributed by atoms with Crippen LogP contribution in [0.1, 0.15) is 11.1 Å². The first-order chi connectivity index (χ1) is 8.16. The summed E-state index contributed by atoms with van der Waals surface area (Å²) in [6, 6.07) is 12.8. The van der Waals surface area contributed by atoms with E-state index in [0.717, 1.165) is 5.56 Å². The van der Waals surface area contributed by atoms with Crippen molar-refractivity contribution in [1.82, 2.24) is 0 Å². The van der Waals surface area contributed by atoms with Crippen LogP contribution in [0, 0.1) is 0 Å². The molecule has 0 amide bonds. The molecule has 2 nitrogen and oxygen atoms in total. The first-order valence-corrected chi connectivity index (χ1v) is 5.49. The summed E-state index contributed by atoms with van der Waals surface area (Å²) in [5.74, 6) is -0.251. The second kappa shape index (κ2) is 4.93. The van der Waals surface area contributed by atoms with Crippen LogP contribution in [0.15, 0.2) is 42.5 Å². The van der Waals surface area contributed by atoms with Gasteiger partial charge in [-0.15, -0.1) is 0 Å². The van der Waals surface area contributed by atoms with Crippen LogP contribution in [-0.2, 0) is 0 Å². The van der Waals surface area contributed by atoms with Crippen molar-refractivity contribution < 1.29 is 10.2 Å². The third-order valence-corrected chi connectivity index (χ3v) is 2.71. The molecule has 0 aliphatic heterocycles. The number of phenols is 2. The molecular formula is C14H11ClO2. The summed E-state index contributed by atoms with van der Waals surface area (Å²) in [5, 5.41) is 18.9. The van der Waals surface area contributed by atoms with Crippen LogP contribution < -0.4 is 0 Å². The van der Waals surface area contributed by atoms with E-state index in [1.54, 1.807) is 6.08 Å². The van der Waals surface area contributed by atoms with Crippen LogP contribution >= 0.6 is 11.6 Å². The van der Waals surface area contributed by atoms with E-state index in [-0.39, 0.29) is 16.5 Å². The molecule has 0 spiro atoms. The third kappa shape index (κ3) is 2.80. The number of halogens is 1. The molecule has 0 saturated carbocycles. The van der Waals surface area contributed by atoms with Crippen molar-refractivity contribution in [3.05, 3.63) is 58.6 Å². The Hall–Kier alpha value is -1.93. The SMILES string of the molecule is Oc1cc(/C=C/c2ccccc2)cc(O)c1Cl. The minimum atomic E-state index is -0.126. The Morgan fingerprint density at radius 2 is 1.35 bits per heavy atom. The zero-order chi connectivity index (χ0) is 12.3. The van der Waals surface area contributed by atoms with E-state index in [9.17, 15) is 10.2 Å². The van der Waals surface area contributed by atoms with Crippen LogP contribution in [0.4, 0.5) is 0 Å². The van der Waals surface area contributed by atoms with Crippen molar-refractivity contribution in [1.29, 1.82) is 0 Å². The fourth-order valence-electron chi connectivity index (χ4n) is 1.47. The molecule has 0 unspecified atom stereocenters. The Kier molecular flexibility index (Phi) is 3.35. The van der Waals surface area contributed by atoms with Gasteiger partial charge in [-0.05, 0) is 23.3 Å². The summed E-state index contributed by atoms with van der Waals surface area (Å²) >= 11 is 5.64. The molecular weight excluding hydrogens is 236 g/mol. The molecule has 0 saturated heterocycles. The Morgan fingerprint density at radius 3 is 1.94 bits per heavy atom. The van der Waals surface area contributed by atoms with Crippen molar-refractivity contribution in [2.45, 2.75) is 0 Å². The second-order valence-electron chi connectivity index (χ2n) is 3.62. The van der Waals surface area contributed by atoms with Gasteiger partial charge < -0.3 is 10.2 Å². The molecule has 86 valence electrons. The maximum atomic E-state index is 9.45. The normalized spacial score (nSPS) is 10.9. The standard InChI is InChI=1S/C14H11ClO2/c15-14-12(16)8-11(9-13(14)17)7-6-10-4-2-1-3-5-10/h1-9,16-17H/b7-6+. The fraction of sp³-hybridized carbons (Fsp3) is 0. The summed E-state index contributed by atoms with van der Waals surface area (Å²) in [4.78, 5) is 0. The van der Waals surface area contributed by atoms with E-state index < -0.39 is 0 Å². The number of hydrogen-bond acceptors (Lipinski definition) is 2. The van der Waals surface area contributed by atoms with Crippen LogP contribution in [0.25, 0.3) is 12.2 Å². The molecule has 0 heterocycles. The van der Waals surface area contributed by atoms with Gasteiger partial charge in [0.15, 0.2) is 0 Å². The van der Waals surface area contributed by atoms with Crippen molar-refractivity contribution >= 4 is 23.8 Å². The lowest BCUT2D eigenvalue weighted by Crippen LogP contribution is -1.76. The molecule has 2 rings (SSSR count). The highest BCUT2D eigenvalue weighted by Crippen LogP contribution is 2.34. The summed E-state index contributed by atoms with van der Waals surface area (Å²) < 4.78 is 0. The van der Waals surface area contributed by atoms with Gasteiger partial charge in [-0.25, -0.2) is 0 Å². The van der Waals surface area contributed by atoms with E-state index in [2.05, 4.69) is 0 Å². The molecule has 0 atom stereocenters. The lowest BCUT2D eigenvalue weighted by Gasteiger charge is -2.01. The van der Waals surface area contributed by atoms with Gasteiger partial charge in [-0.3, -0.25) is 0 Å². The zero-order valence-corrected chi connectivity index (χ0v) is 9.72.